The summed E-state index contributed by atoms with van der Waals surface area (Å²) in [6.07, 6.45) is 3.78. The Morgan fingerprint density at radius 2 is 1.57 bits per heavy atom. The Morgan fingerprint density at radius 1 is 0.826 bits per heavy atom. The third-order valence-corrected chi connectivity index (χ3v) is 5.66. The fourth-order valence-corrected chi connectivity index (χ4v) is 3.62. The minimum atomic E-state index is -0.0648. The Labute approximate surface area is 137 Å². The summed E-state index contributed by atoms with van der Waals surface area (Å²) in [5.41, 5.74) is 4.62. The van der Waals surface area contributed by atoms with E-state index in [9.17, 15) is 0 Å². The summed E-state index contributed by atoms with van der Waals surface area (Å²) in [6, 6.07) is 14.6. The van der Waals surface area contributed by atoms with Crippen molar-refractivity contribution in [2.45, 2.75) is 38.5 Å². The lowest BCUT2D eigenvalue weighted by Gasteiger charge is -2.47. The van der Waals surface area contributed by atoms with Gasteiger partial charge in [-0.3, -0.25) is 4.57 Å². The van der Waals surface area contributed by atoms with E-state index >= 15 is 0 Å². The van der Waals surface area contributed by atoms with Crippen molar-refractivity contribution in [2.75, 3.05) is 0 Å². The average molecular weight is 303 g/mol. The van der Waals surface area contributed by atoms with Gasteiger partial charge in [0.1, 0.15) is 12.1 Å². The number of hydrogen-bond donors (Lipinski definition) is 0. The number of fused-ring (bicyclic) bond motifs is 3. The number of pyridine rings is 1. The van der Waals surface area contributed by atoms with Gasteiger partial charge in [0.15, 0.2) is 0 Å². The number of nitrogens with zero attached hydrogens (tertiary/aromatic N) is 3. The second-order valence-corrected chi connectivity index (χ2v) is 7.30. The van der Waals surface area contributed by atoms with Crippen LogP contribution >= 0.6 is 0 Å². The predicted octanol–water partition coefficient (Wildman–Crippen LogP) is 4.50. The molecule has 3 aromatic rings. The fraction of sp³-hybridized carbons (Fsp3) is 0.300. The lowest BCUT2D eigenvalue weighted by atomic mass is 9.60. The van der Waals surface area contributed by atoms with Crippen LogP contribution in [0.5, 0.6) is 0 Å². The molecule has 3 nitrogen and oxygen atoms in total. The molecule has 0 saturated carbocycles. The third kappa shape index (κ3) is 1.76. The molecule has 0 saturated heterocycles. The van der Waals surface area contributed by atoms with Gasteiger partial charge in [0.05, 0.1) is 11.4 Å². The van der Waals surface area contributed by atoms with Crippen LogP contribution < -0.4 is 0 Å². The average Bonchev–Trinajstić information content (AvgIpc) is 3.00. The minimum absolute atomic E-state index is 0.0316. The van der Waals surface area contributed by atoms with Crippen molar-refractivity contribution in [3.63, 3.8) is 0 Å². The highest BCUT2D eigenvalue weighted by molar-refractivity contribution is 5.67. The minimum Gasteiger partial charge on any atom is -0.286 e. The van der Waals surface area contributed by atoms with Gasteiger partial charge in [0.2, 0.25) is 0 Å². The Kier molecular flexibility index (Phi) is 2.80. The lowest BCUT2D eigenvalue weighted by Crippen LogP contribution is -2.46. The molecule has 3 heteroatoms. The summed E-state index contributed by atoms with van der Waals surface area (Å²) < 4.78 is 2.17. The van der Waals surface area contributed by atoms with Crippen molar-refractivity contribution in [3.8, 4) is 17.1 Å². The van der Waals surface area contributed by atoms with Crippen LogP contribution in [0.2, 0.25) is 0 Å². The Bertz CT molecular complexity index is 859. The van der Waals surface area contributed by atoms with Gasteiger partial charge >= 0.3 is 0 Å². The summed E-state index contributed by atoms with van der Waals surface area (Å²) in [7, 11) is 0. The number of imidazole rings is 1. The van der Waals surface area contributed by atoms with Crippen LogP contribution in [0, 0.1) is 0 Å². The molecule has 0 unspecified atom stereocenters. The summed E-state index contributed by atoms with van der Waals surface area (Å²) in [5, 5.41) is 0. The molecule has 3 heterocycles. The van der Waals surface area contributed by atoms with Crippen LogP contribution in [0.15, 0.2) is 55.0 Å². The van der Waals surface area contributed by atoms with Crippen LogP contribution in [0.3, 0.4) is 0 Å². The molecule has 23 heavy (non-hydrogen) atoms. The first-order valence-electron chi connectivity index (χ1n) is 8.04. The lowest BCUT2D eigenvalue weighted by molar-refractivity contribution is 0.278. The van der Waals surface area contributed by atoms with Gasteiger partial charge in [0.25, 0.3) is 0 Å². The number of hydrogen-bond acceptors (Lipinski definition) is 2. The maximum Gasteiger partial charge on any atom is 0.141 e. The van der Waals surface area contributed by atoms with Gasteiger partial charge in [0, 0.05) is 28.2 Å². The molecule has 1 aliphatic heterocycles. The molecule has 4 rings (SSSR count). The van der Waals surface area contributed by atoms with E-state index in [1.807, 2.05) is 24.7 Å². The van der Waals surface area contributed by atoms with Crippen molar-refractivity contribution in [1.29, 1.82) is 0 Å². The summed E-state index contributed by atoms with van der Waals surface area (Å²) in [5.74, 6) is 1.00. The van der Waals surface area contributed by atoms with E-state index in [1.165, 1.54) is 11.3 Å². The van der Waals surface area contributed by atoms with Crippen LogP contribution in [-0.4, -0.2) is 14.5 Å². The predicted molar refractivity (Wildman–Crippen MR) is 92.8 cm³/mol. The molecule has 0 aliphatic carbocycles. The largest absolute Gasteiger partial charge is 0.286 e. The molecule has 1 aliphatic rings. The second-order valence-electron chi connectivity index (χ2n) is 7.30. The molecule has 1 aromatic carbocycles. The van der Waals surface area contributed by atoms with Gasteiger partial charge in [-0.2, -0.15) is 0 Å². The smallest absolute Gasteiger partial charge is 0.141 e. The van der Waals surface area contributed by atoms with E-state index in [4.69, 9.17) is 4.98 Å². The van der Waals surface area contributed by atoms with Crippen LogP contribution in [-0.2, 0) is 10.8 Å². The molecular weight excluding hydrogens is 282 g/mol. The van der Waals surface area contributed by atoms with Gasteiger partial charge in [-0.15, -0.1) is 0 Å². The fourth-order valence-electron chi connectivity index (χ4n) is 3.62. The first kappa shape index (κ1) is 14.2. The second kappa shape index (κ2) is 4.54. The van der Waals surface area contributed by atoms with Gasteiger partial charge in [-0.05, 0) is 6.07 Å². The van der Waals surface area contributed by atoms with Crippen molar-refractivity contribution < 1.29 is 0 Å². The van der Waals surface area contributed by atoms with E-state index in [0.717, 1.165) is 17.1 Å². The van der Waals surface area contributed by atoms with Crippen molar-refractivity contribution >= 4 is 0 Å². The third-order valence-electron chi connectivity index (χ3n) is 5.66. The van der Waals surface area contributed by atoms with Crippen molar-refractivity contribution in [3.05, 3.63) is 66.2 Å². The molecule has 0 spiro atoms. The number of rotatable bonds is 1. The van der Waals surface area contributed by atoms with E-state index in [1.54, 1.807) is 0 Å². The maximum atomic E-state index is 4.75. The van der Waals surface area contributed by atoms with Crippen LogP contribution in [0.25, 0.3) is 17.1 Å². The standard InChI is InChI=1S/C20H21N3/c1-19(2)15-11-8-12-21-18(15)23-13-22-16(17(23)20(19,3)4)14-9-6-5-7-10-14/h5-13H,1-4H3. The highest BCUT2D eigenvalue weighted by Crippen LogP contribution is 2.51. The Hall–Kier alpha value is -2.42. The molecule has 0 bridgehead atoms. The SMILES string of the molecule is CC1(C)c2cccnc2-n2cnc(-c3ccccc3)c2C1(C)C. The first-order chi connectivity index (χ1) is 10.9. The molecular formula is C20H21N3. The quantitative estimate of drug-likeness (QED) is 0.662. The Balaban J connectivity index is 2.07. The summed E-state index contributed by atoms with van der Waals surface area (Å²) >= 11 is 0. The topological polar surface area (TPSA) is 30.7 Å². The van der Waals surface area contributed by atoms with Gasteiger partial charge < -0.3 is 0 Å². The molecule has 0 amide bonds. The Morgan fingerprint density at radius 3 is 2.30 bits per heavy atom. The molecule has 2 aromatic heterocycles. The van der Waals surface area contributed by atoms with E-state index in [-0.39, 0.29) is 10.8 Å². The van der Waals surface area contributed by atoms with E-state index in [2.05, 4.69) is 67.6 Å². The van der Waals surface area contributed by atoms with E-state index in [0.29, 0.717) is 0 Å². The normalized spacial score (nSPS) is 17.4. The van der Waals surface area contributed by atoms with Gasteiger partial charge in [-0.25, -0.2) is 9.97 Å². The van der Waals surface area contributed by atoms with E-state index < -0.39 is 0 Å². The zero-order valence-corrected chi connectivity index (χ0v) is 14.0. The van der Waals surface area contributed by atoms with Crippen molar-refractivity contribution in [2.24, 2.45) is 0 Å². The highest BCUT2D eigenvalue weighted by atomic mass is 15.1. The molecule has 0 atom stereocenters. The first-order valence-corrected chi connectivity index (χ1v) is 8.04. The van der Waals surface area contributed by atoms with Crippen LogP contribution in [0.4, 0.5) is 0 Å². The zero-order valence-electron chi connectivity index (χ0n) is 14.0. The zero-order chi connectivity index (χ0) is 16.2. The monoisotopic (exact) mass is 303 g/mol. The van der Waals surface area contributed by atoms with Gasteiger partial charge in [-0.1, -0.05) is 64.1 Å². The molecule has 0 N–H and O–H groups in total. The van der Waals surface area contributed by atoms with Crippen LogP contribution in [0.1, 0.15) is 39.0 Å². The van der Waals surface area contributed by atoms with Crippen molar-refractivity contribution in [1.82, 2.24) is 14.5 Å². The highest BCUT2D eigenvalue weighted by Gasteiger charge is 2.48. The molecule has 116 valence electrons. The number of aromatic nitrogens is 3. The summed E-state index contributed by atoms with van der Waals surface area (Å²) in [4.78, 5) is 9.40. The maximum absolute atomic E-state index is 4.75. The number of benzene rings is 1. The molecule has 0 fully saturated rings. The molecule has 0 radical (unpaired) electrons. The summed E-state index contributed by atoms with van der Waals surface area (Å²) in [6.45, 7) is 9.23.